The average molecular weight is 374 g/mol. The number of methoxy groups -OCH3 is 1. The zero-order valence-electron chi connectivity index (χ0n) is 14.9. The summed E-state index contributed by atoms with van der Waals surface area (Å²) in [4.78, 5) is 13.5. The van der Waals surface area contributed by atoms with Crippen LogP contribution in [-0.2, 0) is 27.7 Å². The number of carbonyl (C=O) groups is 1. The molecule has 0 atom stereocenters. The summed E-state index contributed by atoms with van der Waals surface area (Å²) >= 11 is 0. The molecule has 6 nitrogen and oxygen atoms in total. The van der Waals surface area contributed by atoms with Gasteiger partial charge in [-0.15, -0.1) is 0 Å². The van der Waals surface area contributed by atoms with Crippen molar-refractivity contribution < 1.29 is 17.9 Å². The van der Waals surface area contributed by atoms with E-state index >= 15 is 0 Å². The SMILES string of the molecule is COc1ccccc1CCNS(=O)(=O)c1ccc2c(c1)CCN2C(C)=O. The molecule has 0 saturated carbocycles. The third kappa shape index (κ3) is 3.73. The molecule has 138 valence electrons. The van der Waals surface area contributed by atoms with E-state index in [9.17, 15) is 13.2 Å². The number of fused-ring (bicyclic) bond motifs is 1. The summed E-state index contributed by atoms with van der Waals surface area (Å²) < 4.78 is 33.1. The monoisotopic (exact) mass is 374 g/mol. The molecule has 0 saturated heterocycles. The van der Waals surface area contributed by atoms with Crippen molar-refractivity contribution in [3.05, 3.63) is 53.6 Å². The number of amides is 1. The number of benzene rings is 2. The fraction of sp³-hybridized carbons (Fsp3) is 0.316. The molecule has 0 radical (unpaired) electrons. The number of nitrogens with zero attached hydrogens (tertiary/aromatic N) is 1. The Hall–Kier alpha value is -2.38. The van der Waals surface area contributed by atoms with E-state index in [1.54, 1.807) is 30.2 Å². The summed E-state index contributed by atoms with van der Waals surface area (Å²) in [5, 5.41) is 0. The summed E-state index contributed by atoms with van der Waals surface area (Å²) in [5.74, 6) is 0.711. The Balaban J connectivity index is 1.70. The lowest BCUT2D eigenvalue weighted by atomic mass is 10.1. The second-order valence-electron chi connectivity index (χ2n) is 6.17. The van der Waals surface area contributed by atoms with E-state index in [1.807, 2.05) is 24.3 Å². The van der Waals surface area contributed by atoms with E-state index in [0.717, 1.165) is 22.6 Å². The third-order valence-electron chi connectivity index (χ3n) is 4.52. The van der Waals surface area contributed by atoms with Crippen LogP contribution in [0.5, 0.6) is 5.75 Å². The van der Waals surface area contributed by atoms with Gasteiger partial charge in [0.2, 0.25) is 15.9 Å². The van der Waals surface area contributed by atoms with Crippen molar-refractivity contribution in [1.29, 1.82) is 0 Å². The van der Waals surface area contributed by atoms with E-state index in [0.29, 0.717) is 19.4 Å². The number of nitrogens with one attached hydrogen (secondary N) is 1. The molecule has 0 bridgehead atoms. The Morgan fingerprint density at radius 1 is 1.23 bits per heavy atom. The largest absolute Gasteiger partial charge is 0.496 e. The average Bonchev–Trinajstić information content (AvgIpc) is 3.05. The van der Waals surface area contributed by atoms with E-state index in [4.69, 9.17) is 4.74 Å². The molecule has 3 rings (SSSR count). The number of sulfonamides is 1. The lowest BCUT2D eigenvalue weighted by Gasteiger charge is -2.15. The molecule has 2 aromatic carbocycles. The maximum Gasteiger partial charge on any atom is 0.240 e. The van der Waals surface area contributed by atoms with Gasteiger partial charge in [0.05, 0.1) is 12.0 Å². The molecule has 1 N–H and O–H groups in total. The minimum absolute atomic E-state index is 0.0331. The van der Waals surface area contributed by atoms with Crippen LogP contribution in [0, 0.1) is 0 Å². The second kappa shape index (κ2) is 7.47. The maximum atomic E-state index is 12.6. The zero-order valence-corrected chi connectivity index (χ0v) is 15.7. The first kappa shape index (κ1) is 18.4. The van der Waals surface area contributed by atoms with Crippen LogP contribution in [0.4, 0.5) is 5.69 Å². The molecule has 0 fully saturated rings. The minimum atomic E-state index is -3.60. The first-order chi connectivity index (χ1) is 12.4. The van der Waals surface area contributed by atoms with E-state index in [-0.39, 0.29) is 17.3 Å². The van der Waals surface area contributed by atoms with Crippen LogP contribution in [0.15, 0.2) is 47.4 Å². The van der Waals surface area contributed by atoms with Crippen molar-refractivity contribution in [2.45, 2.75) is 24.7 Å². The molecule has 1 aliphatic rings. The molecule has 26 heavy (non-hydrogen) atoms. The molecule has 1 aliphatic heterocycles. The first-order valence-electron chi connectivity index (χ1n) is 8.45. The second-order valence-corrected chi connectivity index (χ2v) is 7.94. The quantitative estimate of drug-likeness (QED) is 0.840. The minimum Gasteiger partial charge on any atom is -0.496 e. The number of ether oxygens (including phenoxy) is 1. The molecule has 0 unspecified atom stereocenters. The molecule has 0 aromatic heterocycles. The maximum absolute atomic E-state index is 12.6. The standard InChI is InChI=1S/C19H22N2O4S/c1-14(22)21-12-10-16-13-17(7-8-18(16)21)26(23,24)20-11-9-15-5-3-4-6-19(15)25-2/h3-8,13,20H,9-12H2,1-2H3. The summed E-state index contributed by atoms with van der Waals surface area (Å²) in [6, 6.07) is 12.5. The smallest absolute Gasteiger partial charge is 0.240 e. The normalized spacial score (nSPS) is 13.5. The van der Waals surface area contributed by atoms with Crippen LogP contribution in [0.1, 0.15) is 18.1 Å². The lowest BCUT2D eigenvalue weighted by Crippen LogP contribution is -2.26. The van der Waals surface area contributed by atoms with Gasteiger partial charge in [-0.3, -0.25) is 4.79 Å². The van der Waals surface area contributed by atoms with Gasteiger partial charge >= 0.3 is 0 Å². The van der Waals surface area contributed by atoms with Gasteiger partial charge < -0.3 is 9.64 Å². The Bertz CT molecular complexity index is 925. The molecule has 2 aromatic rings. The van der Waals surface area contributed by atoms with Gasteiger partial charge in [-0.25, -0.2) is 13.1 Å². The Morgan fingerprint density at radius 2 is 2.00 bits per heavy atom. The highest BCUT2D eigenvalue weighted by Crippen LogP contribution is 2.30. The number of anilines is 1. The molecular weight excluding hydrogens is 352 g/mol. The number of hydrogen-bond acceptors (Lipinski definition) is 4. The van der Waals surface area contributed by atoms with Gasteiger partial charge in [0.15, 0.2) is 0 Å². The summed E-state index contributed by atoms with van der Waals surface area (Å²) in [5.41, 5.74) is 2.63. The van der Waals surface area contributed by atoms with E-state index in [2.05, 4.69) is 4.72 Å². The Morgan fingerprint density at radius 3 is 2.73 bits per heavy atom. The number of hydrogen-bond donors (Lipinski definition) is 1. The van der Waals surface area contributed by atoms with Crippen molar-refractivity contribution in [3.63, 3.8) is 0 Å². The van der Waals surface area contributed by atoms with Crippen LogP contribution in [0.2, 0.25) is 0 Å². The number of para-hydroxylation sites is 1. The highest BCUT2D eigenvalue weighted by Gasteiger charge is 2.24. The number of carbonyl (C=O) groups excluding carboxylic acids is 1. The van der Waals surface area contributed by atoms with Crippen molar-refractivity contribution in [2.24, 2.45) is 0 Å². The molecule has 7 heteroatoms. The molecule has 0 spiro atoms. The van der Waals surface area contributed by atoms with Crippen molar-refractivity contribution in [3.8, 4) is 5.75 Å². The van der Waals surface area contributed by atoms with Gasteiger partial charge in [-0.1, -0.05) is 18.2 Å². The third-order valence-corrected chi connectivity index (χ3v) is 5.97. The van der Waals surface area contributed by atoms with Crippen molar-refractivity contribution in [2.75, 3.05) is 25.1 Å². The highest BCUT2D eigenvalue weighted by molar-refractivity contribution is 7.89. The Labute approximate surface area is 153 Å². The fourth-order valence-corrected chi connectivity index (χ4v) is 4.27. The summed E-state index contributed by atoms with van der Waals surface area (Å²) in [6.45, 7) is 2.38. The van der Waals surface area contributed by atoms with E-state index in [1.165, 1.54) is 6.92 Å². The van der Waals surface area contributed by atoms with Crippen LogP contribution in [0.3, 0.4) is 0 Å². The van der Waals surface area contributed by atoms with Gasteiger partial charge in [0.25, 0.3) is 0 Å². The van der Waals surface area contributed by atoms with Crippen LogP contribution < -0.4 is 14.4 Å². The first-order valence-corrected chi connectivity index (χ1v) is 9.93. The van der Waals surface area contributed by atoms with Crippen molar-refractivity contribution in [1.82, 2.24) is 4.72 Å². The highest BCUT2D eigenvalue weighted by atomic mass is 32.2. The van der Waals surface area contributed by atoms with Gasteiger partial charge in [-0.2, -0.15) is 0 Å². The lowest BCUT2D eigenvalue weighted by molar-refractivity contribution is -0.116. The molecule has 1 heterocycles. The fourth-order valence-electron chi connectivity index (χ4n) is 3.19. The van der Waals surface area contributed by atoms with Gasteiger partial charge in [-0.05, 0) is 48.2 Å². The van der Waals surface area contributed by atoms with Crippen LogP contribution >= 0.6 is 0 Å². The predicted molar refractivity (Wildman–Crippen MR) is 100 cm³/mol. The van der Waals surface area contributed by atoms with Gasteiger partial charge in [0, 0.05) is 25.7 Å². The zero-order chi connectivity index (χ0) is 18.7. The molecule has 0 aliphatic carbocycles. The molecular formula is C19H22N2O4S. The van der Waals surface area contributed by atoms with E-state index < -0.39 is 10.0 Å². The predicted octanol–water partition coefficient (Wildman–Crippen LogP) is 2.13. The summed E-state index contributed by atoms with van der Waals surface area (Å²) in [6.07, 6.45) is 1.20. The van der Waals surface area contributed by atoms with Gasteiger partial charge in [0.1, 0.15) is 5.75 Å². The number of rotatable bonds is 6. The summed E-state index contributed by atoms with van der Waals surface area (Å²) in [7, 11) is -2.01. The van der Waals surface area contributed by atoms with Crippen LogP contribution in [-0.4, -0.2) is 34.5 Å². The van der Waals surface area contributed by atoms with Crippen molar-refractivity contribution >= 4 is 21.6 Å². The molecule has 1 amide bonds. The topological polar surface area (TPSA) is 75.7 Å². The van der Waals surface area contributed by atoms with Crippen LogP contribution in [0.25, 0.3) is 0 Å². The Kier molecular flexibility index (Phi) is 5.29.